The first kappa shape index (κ1) is 16.4. The number of pyridine rings is 1. The zero-order valence-corrected chi connectivity index (χ0v) is 14.4. The molecule has 0 unspecified atom stereocenters. The maximum atomic E-state index is 5.91. The third-order valence-electron chi connectivity index (χ3n) is 3.50. The number of aromatic nitrogens is 1. The molecule has 1 N–H and O–H groups in total. The molecule has 3 aromatic rings. The number of ether oxygens (including phenoxy) is 2. The highest BCUT2D eigenvalue weighted by atomic mass is 35.5. The first-order chi connectivity index (χ1) is 11.7. The quantitative estimate of drug-likeness (QED) is 0.648. The molecule has 5 heteroatoms. The predicted molar refractivity (Wildman–Crippen MR) is 98.8 cm³/mol. The topological polar surface area (TPSA) is 43.4 Å². The maximum absolute atomic E-state index is 5.91. The summed E-state index contributed by atoms with van der Waals surface area (Å²) in [7, 11) is 0. The summed E-state index contributed by atoms with van der Waals surface area (Å²) in [6.45, 7) is 5.10. The van der Waals surface area contributed by atoms with Gasteiger partial charge in [-0.25, -0.2) is 4.98 Å². The molecule has 1 aromatic heterocycles. The van der Waals surface area contributed by atoms with Crippen LogP contribution in [0.15, 0.2) is 48.7 Å². The van der Waals surface area contributed by atoms with Crippen molar-refractivity contribution in [3.05, 3.63) is 53.7 Å². The fraction of sp³-hybridized carbons (Fsp3) is 0.211. The highest BCUT2D eigenvalue weighted by Crippen LogP contribution is 2.33. The van der Waals surface area contributed by atoms with Crippen molar-refractivity contribution in [2.75, 3.05) is 18.5 Å². The largest absolute Gasteiger partial charge is 0.490 e. The van der Waals surface area contributed by atoms with E-state index in [1.54, 1.807) is 0 Å². The van der Waals surface area contributed by atoms with Gasteiger partial charge < -0.3 is 14.8 Å². The zero-order valence-electron chi connectivity index (χ0n) is 13.7. The molecule has 0 saturated heterocycles. The van der Waals surface area contributed by atoms with E-state index in [1.807, 2.05) is 62.5 Å². The summed E-state index contributed by atoms with van der Waals surface area (Å²) in [5.41, 5.74) is 0.933. The molecule has 0 spiro atoms. The number of anilines is 2. The normalized spacial score (nSPS) is 10.6. The second-order valence-electron chi connectivity index (χ2n) is 5.21. The summed E-state index contributed by atoms with van der Waals surface area (Å²) in [6, 6.07) is 13.4. The Balaban J connectivity index is 1.94. The number of benzene rings is 2. The van der Waals surface area contributed by atoms with E-state index < -0.39 is 0 Å². The standard InChI is InChI=1S/C19H19ClN2O2/c1-3-23-17-9-13-11-19(22-16-7-5-15(20)6-8-16)21-12-14(13)10-18(17)24-4-2/h5-12H,3-4H2,1-2H3,(H,21,22). The number of halogens is 1. The average molecular weight is 343 g/mol. The summed E-state index contributed by atoms with van der Waals surface area (Å²) >= 11 is 5.91. The van der Waals surface area contributed by atoms with Gasteiger partial charge in [-0.1, -0.05) is 11.6 Å². The van der Waals surface area contributed by atoms with Crippen molar-refractivity contribution < 1.29 is 9.47 Å². The minimum atomic E-state index is 0.590. The molecule has 24 heavy (non-hydrogen) atoms. The first-order valence-corrected chi connectivity index (χ1v) is 8.29. The monoisotopic (exact) mass is 342 g/mol. The van der Waals surface area contributed by atoms with Crippen LogP contribution in [0.2, 0.25) is 5.02 Å². The minimum Gasteiger partial charge on any atom is -0.490 e. The van der Waals surface area contributed by atoms with Crippen LogP contribution in [0.5, 0.6) is 11.5 Å². The molecule has 4 nitrogen and oxygen atoms in total. The summed E-state index contributed by atoms with van der Waals surface area (Å²) in [5.74, 6) is 2.25. The fourth-order valence-electron chi connectivity index (χ4n) is 2.44. The molecule has 0 amide bonds. The molecular weight excluding hydrogens is 324 g/mol. The van der Waals surface area contributed by atoms with Gasteiger partial charge in [-0.3, -0.25) is 0 Å². The van der Waals surface area contributed by atoms with Crippen molar-refractivity contribution in [1.29, 1.82) is 0 Å². The number of hydrogen-bond acceptors (Lipinski definition) is 4. The molecule has 0 radical (unpaired) electrons. The van der Waals surface area contributed by atoms with Gasteiger partial charge in [0.25, 0.3) is 0 Å². The molecule has 0 bridgehead atoms. The van der Waals surface area contributed by atoms with Gasteiger partial charge in [-0.05, 0) is 61.7 Å². The Labute approximate surface area is 146 Å². The van der Waals surface area contributed by atoms with Crippen molar-refractivity contribution in [2.45, 2.75) is 13.8 Å². The molecule has 1 heterocycles. The lowest BCUT2D eigenvalue weighted by Gasteiger charge is -2.13. The van der Waals surface area contributed by atoms with E-state index in [0.717, 1.165) is 33.8 Å². The molecule has 3 rings (SSSR count). The Morgan fingerprint density at radius 2 is 1.54 bits per heavy atom. The lowest BCUT2D eigenvalue weighted by Crippen LogP contribution is -1.99. The zero-order chi connectivity index (χ0) is 16.9. The van der Waals surface area contributed by atoms with Crippen molar-refractivity contribution in [3.8, 4) is 11.5 Å². The van der Waals surface area contributed by atoms with Crippen molar-refractivity contribution >= 4 is 33.9 Å². The van der Waals surface area contributed by atoms with E-state index >= 15 is 0 Å². The lowest BCUT2D eigenvalue weighted by atomic mass is 10.1. The summed E-state index contributed by atoms with van der Waals surface area (Å²) < 4.78 is 11.3. The van der Waals surface area contributed by atoms with Crippen LogP contribution in [0.25, 0.3) is 10.8 Å². The van der Waals surface area contributed by atoms with Gasteiger partial charge in [0.05, 0.1) is 13.2 Å². The average Bonchev–Trinajstić information content (AvgIpc) is 2.58. The van der Waals surface area contributed by atoms with Gasteiger partial charge in [0.2, 0.25) is 0 Å². The van der Waals surface area contributed by atoms with E-state index in [0.29, 0.717) is 18.2 Å². The molecule has 0 fully saturated rings. The molecular formula is C19H19ClN2O2. The predicted octanol–water partition coefficient (Wildman–Crippen LogP) is 5.43. The third kappa shape index (κ3) is 3.71. The van der Waals surface area contributed by atoms with Gasteiger partial charge in [-0.2, -0.15) is 0 Å². The van der Waals surface area contributed by atoms with E-state index in [2.05, 4.69) is 10.3 Å². The fourth-order valence-corrected chi connectivity index (χ4v) is 2.56. The molecule has 124 valence electrons. The smallest absolute Gasteiger partial charge is 0.161 e. The van der Waals surface area contributed by atoms with Gasteiger partial charge in [-0.15, -0.1) is 0 Å². The molecule has 2 aromatic carbocycles. The number of hydrogen-bond donors (Lipinski definition) is 1. The van der Waals surface area contributed by atoms with Crippen molar-refractivity contribution in [1.82, 2.24) is 4.98 Å². The SMILES string of the molecule is CCOc1cc2cnc(Nc3ccc(Cl)cc3)cc2cc1OCC. The Hall–Kier alpha value is -2.46. The Morgan fingerprint density at radius 1 is 0.917 bits per heavy atom. The van der Waals surface area contributed by atoms with Crippen LogP contribution in [0.3, 0.4) is 0 Å². The van der Waals surface area contributed by atoms with E-state index in [1.165, 1.54) is 0 Å². The van der Waals surface area contributed by atoms with Gasteiger partial charge in [0, 0.05) is 22.3 Å². The summed E-state index contributed by atoms with van der Waals surface area (Å²) in [5, 5.41) is 6.02. The van der Waals surface area contributed by atoms with Crippen LogP contribution < -0.4 is 14.8 Å². The Morgan fingerprint density at radius 3 is 2.17 bits per heavy atom. The van der Waals surface area contributed by atoms with E-state index in [9.17, 15) is 0 Å². The van der Waals surface area contributed by atoms with E-state index in [-0.39, 0.29) is 0 Å². The van der Waals surface area contributed by atoms with Crippen molar-refractivity contribution in [2.24, 2.45) is 0 Å². The number of rotatable bonds is 6. The Kier molecular flexibility index (Phi) is 5.06. The number of nitrogens with zero attached hydrogens (tertiary/aromatic N) is 1. The highest BCUT2D eigenvalue weighted by molar-refractivity contribution is 6.30. The minimum absolute atomic E-state index is 0.590. The highest BCUT2D eigenvalue weighted by Gasteiger charge is 2.08. The van der Waals surface area contributed by atoms with Crippen LogP contribution >= 0.6 is 11.6 Å². The summed E-state index contributed by atoms with van der Waals surface area (Å²) in [6.07, 6.45) is 1.83. The van der Waals surface area contributed by atoms with Gasteiger partial charge >= 0.3 is 0 Å². The van der Waals surface area contributed by atoms with Crippen LogP contribution in [0.1, 0.15) is 13.8 Å². The van der Waals surface area contributed by atoms with Crippen LogP contribution in [0, 0.1) is 0 Å². The number of fused-ring (bicyclic) bond motifs is 1. The molecule has 0 saturated carbocycles. The maximum Gasteiger partial charge on any atom is 0.161 e. The summed E-state index contributed by atoms with van der Waals surface area (Å²) in [4.78, 5) is 4.46. The molecule has 0 aliphatic rings. The van der Waals surface area contributed by atoms with Crippen molar-refractivity contribution in [3.63, 3.8) is 0 Å². The molecule has 0 atom stereocenters. The van der Waals surface area contributed by atoms with Gasteiger partial charge in [0.1, 0.15) is 5.82 Å². The second kappa shape index (κ2) is 7.41. The van der Waals surface area contributed by atoms with Crippen LogP contribution in [-0.2, 0) is 0 Å². The molecule has 0 aliphatic heterocycles. The van der Waals surface area contributed by atoms with Crippen LogP contribution in [0.4, 0.5) is 11.5 Å². The second-order valence-corrected chi connectivity index (χ2v) is 5.65. The molecule has 0 aliphatic carbocycles. The van der Waals surface area contributed by atoms with Gasteiger partial charge in [0.15, 0.2) is 11.5 Å². The third-order valence-corrected chi connectivity index (χ3v) is 3.75. The Bertz CT molecular complexity index is 835. The number of nitrogens with one attached hydrogen (secondary N) is 1. The van der Waals surface area contributed by atoms with Crippen LogP contribution in [-0.4, -0.2) is 18.2 Å². The first-order valence-electron chi connectivity index (χ1n) is 7.91. The van der Waals surface area contributed by atoms with E-state index in [4.69, 9.17) is 21.1 Å². The lowest BCUT2D eigenvalue weighted by molar-refractivity contribution is 0.288.